The van der Waals surface area contributed by atoms with Crippen molar-refractivity contribution in [3.8, 4) is 17.1 Å². The maximum Gasteiger partial charge on any atom is 0.416 e. The number of thioether (sulfide) groups is 1. The van der Waals surface area contributed by atoms with Crippen molar-refractivity contribution < 1.29 is 31.9 Å². The van der Waals surface area contributed by atoms with Crippen LogP contribution >= 0.6 is 11.8 Å². The van der Waals surface area contributed by atoms with Gasteiger partial charge in [0.05, 0.1) is 17.0 Å². The van der Waals surface area contributed by atoms with Gasteiger partial charge in [-0.25, -0.2) is 0 Å². The molecular formula is C27H24F3NO4S. The Morgan fingerprint density at radius 2 is 1.86 bits per heavy atom. The summed E-state index contributed by atoms with van der Waals surface area (Å²) in [6, 6.07) is 13.8. The van der Waals surface area contributed by atoms with Crippen molar-refractivity contribution in [2.75, 3.05) is 13.2 Å². The first-order valence-electron chi connectivity index (χ1n) is 11.3. The fourth-order valence-corrected chi connectivity index (χ4v) is 4.59. The number of hydrogen-bond donors (Lipinski definition) is 0. The van der Waals surface area contributed by atoms with Crippen LogP contribution in [0.1, 0.15) is 42.2 Å². The van der Waals surface area contributed by atoms with E-state index in [-0.39, 0.29) is 41.1 Å². The summed E-state index contributed by atoms with van der Waals surface area (Å²) >= 11 is 0.778. The molecular weight excluding hydrogens is 491 g/mol. The Hall–Kier alpha value is -3.46. The molecule has 0 bridgehead atoms. The minimum absolute atomic E-state index is 0.0844. The summed E-state index contributed by atoms with van der Waals surface area (Å²) in [7, 11) is 0. The highest BCUT2D eigenvalue weighted by atomic mass is 32.2. The number of rotatable bonds is 7. The standard InChI is InChI=1S/C27H24F3NO4S/c1-16(2)21-9-7-17(3)13-23(21)34-12-11-31-25(32)24(36-26(31)33)15-20-8-10-22(35-20)18-5-4-6-19(14-18)27(28,29)30/h4-10,13-16H,11-12H2,1-3H3/b24-15-. The molecule has 4 rings (SSSR count). The monoisotopic (exact) mass is 515 g/mol. The zero-order valence-corrected chi connectivity index (χ0v) is 20.7. The largest absolute Gasteiger partial charge is 0.491 e. The van der Waals surface area contributed by atoms with Crippen LogP contribution in [0, 0.1) is 6.92 Å². The van der Waals surface area contributed by atoms with Crippen molar-refractivity contribution >= 4 is 29.0 Å². The van der Waals surface area contributed by atoms with Crippen LogP contribution in [-0.4, -0.2) is 29.2 Å². The van der Waals surface area contributed by atoms with Crippen molar-refractivity contribution in [2.45, 2.75) is 32.9 Å². The van der Waals surface area contributed by atoms with E-state index in [1.54, 1.807) is 0 Å². The average Bonchev–Trinajstić information content (AvgIpc) is 3.38. The van der Waals surface area contributed by atoms with Crippen molar-refractivity contribution in [3.63, 3.8) is 0 Å². The summed E-state index contributed by atoms with van der Waals surface area (Å²) in [6.45, 7) is 6.32. The number of furan rings is 1. The van der Waals surface area contributed by atoms with E-state index in [0.717, 1.165) is 45.7 Å². The predicted octanol–water partition coefficient (Wildman–Crippen LogP) is 7.51. The van der Waals surface area contributed by atoms with Gasteiger partial charge in [0.2, 0.25) is 0 Å². The van der Waals surface area contributed by atoms with Gasteiger partial charge < -0.3 is 9.15 Å². The van der Waals surface area contributed by atoms with E-state index in [1.807, 2.05) is 25.1 Å². The van der Waals surface area contributed by atoms with Gasteiger partial charge in [-0.1, -0.05) is 38.1 Å². The Labute approximate surface area is 210 Å². The Bertz CT molecular complexity index is 1330. The Morgan fingerprint density at radius 1 is 1.08 bits per heavy atom. The van der Waals surface area contributed by atoms with Gasteiger partial charge in [-0.15, -0.1) is 0 Å². The van der Waals surface area contributed by atoms with Crippen molar-refractivity contribution in [2.24, 2.45) is 0 Å². The lowest BCUT2D eigenvalue weighted by molar-refractivity contribution is -0.137. The molecule has 1 aromatic heterocycles. The number of hydrogen-bond acceptors (Lipinski definition) is 5. The molecule has 2 amide bonds. The van der Waals surface area contributed by atoms with Crippen LogP contribution in [0.15, 0.2) is 63.9 Å². The van der Waals surface area contributed by atoms with Crippen LogP contribution < -0.4 is 4.74 Å². The molecule has 1 aliphatic heterocycles. The van der Waals surface area contributed by atoms with E-state index in [2.05, 4.69) is 13.8 Å². The van der Waals surface area contributed by atoms with Gasteiger partial charge in [-0.3, -0.25) is 14.5 Å². The summed E-state index contributed by atoms with van der Waals surface area (Å²) in [4.78, 5) is 26.5. The average molecular weight is 516 g/mol. The fourth-order valence-electron chi connectivity index (χ4n) is 3.75. The topological polar surface area (TPSA) is 59.8 Å². The zero-order valence-electron chi connectivity index (χ0n) is 19.9. The predicted molar refractivity (Wildman–Crippen MR) is 133 cm³/mol. The number of imide groups is 1. The molecule has 0 spiro atoms. The van der Waals surface area contributed by atoms with Crippen LogP contribution in [0.4, 0.5) is 18.0 Å². The number of carbonyl (C=O) groups is 2. The molecule has 0 aliphatic carbocycles. The van der Waals surface area contributed by atoms with E-state index in [1.165, 1.54) is 30.3 Å². The number of benzene rings is 2. The van der Waals surface area contributed by atoms with Gasteiger partial charge in [0, 0.05) is 11.6 Å². The SMILES string of the molecule is Cc1ccc(C(C)C)c(OCCN2C(=O)S/C(=C\c3ccc(-c4cccc(C(F)(F)F)c4)o3)C2=O)c1. The number of alkyl halides is 3. The van der Waals surface area contributed by atoms with E-state index in [9.17, 15) is 22.8 Å². The smallest absolute Gasteiger partial charge is 0.416 e. The van der Waals surface area contributed by atoms with Crippen LogP contribution in [-0.2, 0) is 11.0 Å². The summed E-state index contributed by atoms with van der Waals surface area (Å²) in [5.74, 6) is 0.989. The Morgan fingerprint density at radius 3 is 2.58 bits per heavy atom. The zero-order chi connectivity index (χ0) is 26.0. The quantitative estimate of drug-likeness (QED) is 0.305. The molecule has 5 nitrogen and oxygen atoms in total. The lowest BCUT2D eigenvalue weighted by Gasteiger charge is -2.17. The Balaban J connectivity index is 1.44. The molecule has 0 N–H and O–H groups in total. The molecule has 0 atom stereocenters. The molecule has 1 aliphatic rings. The number of nitrogens with zero attached hydrogens (tertiary/aromatic N) is 1. The first-order chi connectivity index (χ1) is 17.0. The van der Waals surface area contributed by atoms with E-state index in [4.69, 9.17) is 9.15 Å². The third-order valence-corrected chi connectivity index (χ3v) is 6.52. The Kier molecular flexibility index (Phi) is 7.31. The molecule has 1 fully saturated rings. The van der Waals surface area contributed by atoms with E-state index >= 15 is 0 Å². The first-order valence-corrected chi connectivity index (χ1v) is 12.1. The number of aryl methyl sites for hydroxylation is 1. The minimum atomic E-state index is -4.47. The molecule has 0 saturated carbocycles. The summed E-state index contributed by atoms with van der Waals surface area (Å²) in [6.07, 6.45) is -3.05. The fraction of sp³-hybridized carbons (Fsp3) is 0.259. The summed E-state index contributed by atoms with van der Waals surface area (Å²) in [5.41, 5.74) is 1.56. The molecule has 2 aromatic carbocycles. The molecule has 9 heteroatoms. The van der Waals surface area contributed by atoms with E-state index in [0.29, 0.717) is 0 Å². The van der Waals surface area contributed by atoms with Gasteiger partial charge in [0.1, 0.15) is 23.9 Å². The minimum Gasteiger partial charge on any atom is -0.491 e. The van der Waals surface area contributed by atoms with Crippen molar-refractivity contribution in [1.82, 2.24) is 4.90 Å². The molecule has 188 valence electrons. The van der Waals surface area contributed by atoms with Gasteiger partial charge in [0.15, 0.2) is 0 Å². The normalized spacial score (nSPS) is 15.4. The van der Waals surface area contributed by atoms with Gasteiger partial charge >= 0.3 is 6.18 Å². The number of ether oxygens (including phenoxy) is 1. The van der Waals surface area contributed by atoms with Gasteiger partial charge in [-0.05, 0) is 66.1 Å². The number of amides is 2. The van der Waals surface area contributed by atoms with Crippen molar-refractivity contribution in [1.29, 1.82) is 0 Å². The highest BCUT2D eigenvalue weighted by Crippen LogP contribution is 2.35. The van der Waals surface area contributed by atoms with Crippen molar-refractivity contribution in [3.05, 3.63) is 82.0 Å². The van der Waals surface area contributed by atoms with E-state index < -0.39 is 22.9 Å². The highest BCUT2D eigenvalue weighted by molar-refractivity contribution is 8.18. The van der Waals surface area contributed by atoms with Gasteiger partial charge in [0.25, 0.3) is 11.1 Å². The second-order valence-corrected chi connectivity index (χ2v) is 9.65. The van der Waals surface area contributed by atoms with Crippen LogP contribution in [0.2, 0.25) is 0 Å². The second kappa shape index (κ2) is 10.3. The van der Waals surface area contributed by atoms with Crippen LogP contribution in [0.3, 0.4) is 0 Å². The third kappa shape index (κ3) is 5.67. The summed E-state index contributed by atoms with van der Waals surface area (Å²) in [5, 5.41) is -0.423. The maximum absolute atomic E-state index is 13.0. The molecule has 0 unspecified atom stereocenters. The maximum atomic E-state index is 13.0. The van der Waals surface area contributed by atoms with Crippen LogP contribution in [0.5, 0.6) is 5.75 Å². The third-order valence-electron chi connectivity index (χ3n) is 5.61. The molecule has 36 heavy (non-hydrogen) atoms. The lowest BCUT2D eigenvalue weighted by Crippen LogP contribution is -2.32. The molecule has 2 heterocycles. The number of carbonyl (C=O) groups excluding carboxylic acids is 2. The lowest BCUT2D eigenvalue weighted by atomic mass is 10.0. The molecule has 0 radical (unpaired) electrons. The highest BCUT2D eigenvalue weighted by Gasteiger charge is 2.35. The summed E-state index contributed by atoms with van der Waals surface area (Å²) < 4.78 is 50.6. The molecule has 1 saturated heterocycles. The number of halogens is 3. The second-order valence-electron chi connectivity index (χ2n) is 8.66. The van der Waals surface area contributed by atoms with Gasteiger partial charge in [-0.2, -0.15) is 13.2 Å². The molecule has 3 aromatic rings. The first kappa shape index (κ1) is 25.6. The van der Waals surface area contributed by atoms with Crippen LogP contribution in [0.25, 0.3) is 17.4 Å².